The summed E-state index contributed by atoms with van der Waals surface area (Å²) in [6.07, 6.45) is 0.733. The van der Waals surface area contributed by atoms with Gasteiger partial charge in [0.05, 0.1) is 0 Å². The monoisotopic (exact) mass is 343 g/mol. The lowest BCUT2D eigenvalue weighted by molar-refractivity contribution is -0.191. The van der Waals surface area contributed by atoms with Gasteiger partial charge in [0, 0.05) is 33.2 Å². The van der Waals surface area contributed by atoms with E-state index in [0.29, 0.717) is 6.42 Å². The van der Waals surface area contributed by atoms with Crippen molar-refractivity contribution in [2.75, 3.05) is 19.7 Å². The molecule has 2 aliphatic rings. The van der Waals surface area contributed by atoms with Crippen LogP contribution in [-0.4, -0.2) is 67.0 Å². The zero-order valence-electron chi connectivity index (χ0n) is 14.4. The summed E-state index contributed by atoms with van der Waals surface area (Å²) in [6, 6.07) is -0.0586. The Morgan fingerprint density at radius 3 is 2.29 bits per heavy atom. The van der Waals surface area contributed by atoms with Gasteiger partial charge in [0.15, 0.2) is 6.10 Å². The van der Waals surface area contributed by atoms with Gasteiger partial charge < -0.3 is 18.9 Å². The Bertz CT molecular complexity index is 475. The van der Waals surface area contributed by atoms with E-state index in [4.69, 9.17) is 18.9 Å². The van der Waals surface area contributed by atoms with Crippen molar-refractivity contribution >= 4 is 17.9 Å². The van der Waals surface area contributed by atoms with Gasteiger partial charge in [-0.15, -0.1) is 0 Å². The minimum atomic E-state index is -0.738. The summed E-state index contributed by atoms with van der Waals surface area (Å²) < 4.78 is 21.4. The molecule has 0 N–H and O–H groups in total. The first-order valence-electron chi connectivity index (χ1n) is 8.24. The van der Waals surface area contributed by atoms with Gasteiger partial charge in [-0.2, -0.15) is 0 Å². The molecule has 0 aliphatic carbocycles. The van der Waals surface area contributed by atoms with Gasteiger partial charge in [0.25, 0.3) is 0 Å². The van der Waals surface area contributed by atoms with Crippen LogP contribution in [0, 0.1) is 0 Å². The van der Waals surface area contributed by atoms with E-state index in [1.807, 2.05) is 0 Å². The highest BCUT2D eigenvalue weighted by molar-refractivity contribution is 5.67. The second-order valence-corrected chi connectivity index (χ2v) is 6.14. The Labute approximate surface area is 141 Å². The Kier molecular flexibility index (Phi) is 6.56. The molecule has 2 saturated heterocycles. The van der Waals surface area contributed by atoms with Crippen molar-refractivity contribution in [2.24, 2.45) is 0 Å². The molecule has 0 aromatic rings. The predicted octanol–water partition coefficient (Wildman–Crippen LogP) is 0.624. The Morgan fingerprint density at radius 1 is 1.08 bits per heavy atom. The summed E-state index contributed by atoms with van der Waals surface area (Å²) in [5.41, 5.74) is 0. The summed E-state index contributed by atoms with van der Waals surface area (Å²) in [7, 11) is 0. The molecular weight excluding hydrogens is 318 g/mol. The molecule has 1 unspecified atom stereocenters. The number of esters is 3. The minimum absolute atomic E-state index is 0.0586. The van der Waals surface area contributed by atoms with E-state index in [0.717, 1.165) is 25.9 Å². The molecule has 2 fully saturated rings. The summed E-state index contributed by atoms with van der Waals surface area (Å²) in [6.45, 7) is 5.65. The van der Waals surface area contributed by atoms with Crippen molar-refractivity contribution in [2.45, 2.75) is 64.6 Å². The average Bonchev–Trinajstić information content (AvgIpc) is 3.11. The second-order valence-electron chi connectivity index (χ2n) is 6.14. The highest BCUT2D eigenvalue weighted by atomic mass is 16.7. The van der Waals surface area contributed by atoms with Gasteiger partial charge in [-0.25, -0.2) is 0 Å². The Morgan fingerprint density at radius 2 is 1.75 bits per heavy atom. The van der Waals surface area contributed by atoms with Crippen molar-refractivity contribution in [1.29, 1.82) is 0 Å². The van der Waals surface area contributed by atoms with Gasteiger partial charge in [0.2, 0.25) is 6.29 Å². The smallest absolute Gasteiger partial charge is 0.304 e. The summed E-state index contributed by atoms with van der Waals surface area (Å²) in [5.74, 6) is -1.36. The normalized spacial score (nSPS) is 28.4. The first-order valence-corrected chi connectivity index (χ1v) is 8.24. The lowest BCUT2D eigenvalue weighted by atomic mass is 10.0. The number of nitrogens with zero attached hydrogens (tertiary/aromatic N) is 1. The molecule has 2 heterocycles. The zero-order valence-corrected chi connectivity index (χ0v) is 14.4. The summed E-state index contributed by atoms with van der Waals surface area (Å²) in [5, 5.41) is 0. The van der Waals surface area contributed by atoms with Gasteiger partial charge in [-0.1, -0.05) is 0 Å². The number of carbonyl (C=O) groups excluding carboxylic acids is 3. The second kappa shape index (κ2) is 8.43. The molecule has 0 bridgehead atoms. The largest absolute Gasteiger partial charge is 0.462 e. The molecular formula is C16H25NO7. The first kappa shape index (κ1) is 18.7. The third-order valence-corrected chi connectivity index (χ3v) is 4.16. The number of ether oxygens (including phenoxy) is 4. The maximum Gasteiger partial charge on any atom is 0.304 e. The number of hydrogen-bond donors (Lipinski definition) is 0. The Balaban J connectivity index is 2.12. The summed E-state index contributed by atoms with van der Waals surface area (Å²) in [4.78, 5) is 36.0. The molecule has 8 nitrogen and oxygen atoms in total. The maximum absolute atomic E-state index is 11.4. The molecule has 2 aliphatic heterocycles. The van der Waals surface area contributed by atoms with Crippen molar-refractivity contribution in [3.8, 4) is 0 Å². The van der Waals surface area contributed by atoms with Crippen molar-refractivity contribution in [3.63, 3.8) is 0 Å². The molecule has 4 atom stereocenters. The lowest BCUT2D eigenvalue weighted by Gasteiger charge is -2.31. The van der Waals surface area contributed by atoms with Crippen LogP contribution >= 0.6 is 0 Å². The quantitative estimate of drug-likeness (QED) is 0.512. The molecule has 8 heteroatoms. The van der Waals surface area contributed by atoms with E-state index in [2.05, 4.69) is 4.90 Å². The van der Waals surface area contributed by atoms with Crippen LogP contribution in [0.15, 0.2) is 0 Å². The maximum atomic E-state index is 11.4. The molecule has 24 heavy (non-hydrogen) atoms. The summed E-state index contributed by atoms with van der Waals surface area (Å²) >= 11 is 0. The van der Waals surface area contributed by atoms with Crippen LogP contribution in [-0.2, 0) is 33.3 Å². The molecule has 0 amide bonds. The predicted molar refractivity (Wildman–Crippen MR) is 81.8 cm³/mol. The number of hydrogen-bond acceptors (Lipinski definition) is 8. The molecule has 0 radical (unpaired) electrons. The topological polar surface area (TPSA) is 91.4 Å². The average molecular weight is 343 g/mol. The van der Waals surface area contributed by atoms with Crippen molar-refractivity contribution in [1.82, 2.24) is 4.90 Å². The number of carbonyl (C=O) groups is 3. The van der Waals surface area contributed by atoms with E-state index in [1.165, 1.54) is 20.8 Å². The van der Waals surface area contributed by atoms with Crippen LogP contribution in [0.3, 0.4) is 0 Å². The van der Waals surface area contributed by atoms with Crippen molar-refractivity contribution in [3.05, 3.63) is 0 Å². The van der Waals surface area contributed by atoms with Crippen LogP contribution < -0.4 is 0 Å². The molecule has 0 aromatic heterocycles. The van der Waals surface area contributed by atoms with Gasteiger partial charge in [0.1, 0.15) is 12.7 Å². The fourth-order valence-corrected chi connectivity index (χ4v) is 3.29. The fraction of sp³-hybridized carbons (Fsp3) is 0.812. The third-order valence-electron chi connectivity index (χ3n) is 4.16. The van der Waals surface area contributed by atoms with Crippen LogP contribution in [0.25, 0.3) is 0 Å². The molecule has 136 valence electrons. The van der Waals surface area contributed by atoms with Gasteiger partial charge >= 0.3 is 17.9 Å². The van der Waals surface area contributed by atoms with Crippen LogP contribution in [0.5, 0.6) is 0 Å². The minimum Gasteiger partial charge on any atom is -0.462 e. The third kappa shape index (κ3) is 5.17. The van der Waals surface area contributed by atoms with Crippen molar-refractivity contribution < 1.29 is 33.3 Å². The van der Waals surface area contributed by atoms with E-state index < -0.39 is 36.4 Å². The van der Waals surface area contributed by atoms with Crippen LogP contribution in [0.1, 0.15) is 40.0 Å². The van der Waals surface area contributed by atoms with E-state index in [9.17, 15) is 14.4 Å². The first-order chi connectivity index (χ1) is 11.4. The van der Waals surface area contributed by atoms with Gasteiger partial charge in [-0.3, -0.25) is 19.3 Å². The molecule has 0 aromatic carbocycles. The van der Waals surface area contributed by atoms with Crippen LogP contribution in [0.2, 0.25) is 0 Å². The Hall–Kier alpha value is -1.67. The molecule has 0 spiro atoms. The molecule has 2 rings (SSSR count). The zero-order chi connectivity index (χ0) is 17.7. The fourth-order valence-electron chi connectivity index (χ4n) is 3.29. The highest BCUT2D eigenvalue weighted by Gasteiger charge is 2.46. The lowest BCUT2D eigenvalue weighted by Crippen LogP contribution is -2.48. The molecule has 0 saturated carbocycles. The van der Waals surface area contributed by atoms with E-state index in [-0.39, 0.29) is 12.6 Å². The highest BCUT2D eigenvalue weighted by Crippen LogP contribution is 2.31. The van der Waals surface area contributed by atoms with Crippen LogP contribution in [0.4, 0.5) is 0 Å². The number of likely N-dealkylation sites (tertiary alicyclic amines) is 1. The standard InChI is InChI=1S/C16H25NO7/c1-10(18)21-9-14(22-11(2)19)16-13(17-6-4-5-7-17)8-15(24-16)23-12(3)20/h13-16H,4-9H2,1-3H3/t13-,14+,15?,16-/m0/s1. The SMILES string of the molecule is CC(=O)OC[C@@H](OC(C)=O)[C@H]1OC(OC(C)=O)C[C@@H]1N1CCCC1. The van der Waals surface area contributed by atoms with Gasteiger partial charge in [-0.05, 0) is 25.9 Å². The number of rotatable bonds is 6. The van der Waals surface area contributed by atoms with E-state index >= 15 is 0 Å². The van der Waals surface area contributed by atoms with E-state index in [1.54, 1.807) is 0 Å².